The van der Waals surface area contributed by atoms with E-state index < -0.39 is 0 Å². The first-order valence-electron chi connectivity index (χ1n) is 5.85. The van der Waals surface area contributed by atoms with Crippen LogP contribution in [0.3, 0.4) is 0 Å². The van der Waals surface area contributed by atoms with Crippen LogP contribution in [0.2, 0.25) is 0 Å². The second-order valence-electron chi connectivity index (χ2n) is 4.25. The van der Waals surface area contributed by atoms with E-state index in [1.807, 2.05) is 0 Å². The van der Waals surface area contributed by atoms with E-state index >= 15 is 0 Å². The summed E-state index contributed by atoms with van der Waals surface area (Å²) in [4.78, 5) is 11.9. The fraction of sp³-hybridized carbons (Fsp3) is 0.636. The maximum atomic E-state index is 11.9. The molecule has 1 aromatic heterocycles. The number of nitrogens with zero attached hydrogens (tertiary/aromatic N) is 2. The van der Waals surface area contributed by atoms with Crippen LogP contribution in [0, 0.1) is 0 Å². The van der Waals surface area contributed by atoms with Gasteiger partial charge in [0.25, 0.3) is 5.56 Å². The summed E-state index contributed by atoms with van der Waals surface area (Å²) in [6.07, 6.45) is 6.41. The van der Waals surface area contributed by atoms with Gasteiger partial charge in [0.1, 0.15) is 4.47 Å². The van der Waals surface area contributed by atoms with E-state index in [0.29, 0.717) is 10.5 Å². The molecule has 0 spiro atoms. The molecule has 1 aliphatic rings. The standard InChI is InChI=1S/C11H16BrN3O2/c12-10-9(14-8-3-1-2-4-8)7-13-15(5-6-16)11(10)17/h7-8,14,16H,1-6H2. The first kappa shape index (κ1) is 12.6. The van der Waals surface area contributed by atoms with Gasteiger partial charge in [-0.3, -0.25) is 4.79 Å². The van der Waals surface area contributed by atoms with Crippen molar-refractivity contribution in [3.63, 3.8) is 0 Å². The van der Waals surface area contributed by atoms with Crippen LogP contribution in [0.15, 0.2) is 15.5 Å². The summed E-state index contributed by atoms with van der Waals surface area (Å²) in [5.74, 6) is 0. The second kappa shape index (κ2) is 5.64. The average Bonchev–Trinajstić information content (AvgIpc) is 2.82. The van der Waals surface area contributed by atoms with E-state index in [-0.39, 0.29) is 18.7 Å². The Hall–Kier alpha value is -0.880. The quantitative estimate of drug-likeness (QED) is 0.881. The van der Waals surface area contributed by atoms with Crippen molar-refractivity contribution in [1.82, 2.24) is 9.78 Å². The van der Waals surface area contributed by atoms with Gasteiger partial charge in [0.15, 0.2) is 0 Å². The molecule has 94 valence electrons. The van der Waals surface area contributed by atoms with E-state index in [2.05, 4.69) is 26.3 Å². The summed E-state index contributed by atoms with van der Waals surface area (Å²) in [6.45, 7) is 0.135. The Kier molecular flexibility index (Phi) is 4.17. The number of aliphatic hydroxyl groups excluding tert-OH is 1. The Morgan fingerprint density at radius 2 is 2.24 bits per heavy atom. The molecular formula is C11H16BrN3O2. The van der Waals surface area contributed by atoms with Gasteiger partial charge in [-0.1, -0.05) is 12.8 Å². The maximum absolute atomic E-state index is 11.9. The smallest absolute Gasteiger partial charge is 0.283 e. The third-order valence-electron chi connectivity index (χ3n) is 3.01. The van der Waals surface area contributed by atoms with Crippen molar-refractivity contribution in [2.45, 2.75) is 38.3 Å². The summed E-state index contributed by atoms with van der Waals surface area (Å²) in [6, 6.07) is 0.446. The maximum Gasteiger partial charge on any atom is 0.283 e. The lowest BCUT2D eigenvalue weighted by atomic mass is 10.2. The molecule has 0 aliphatic heterocycles. The predicted octanol–water partition coefficient (Wildman–Crippen LogP) is 1.35. The topological polar surface area (TPSA) is 67.2 Å². The monoisotopic (exact) mass is 301 g/mol. The van der Waals surface area contributed by atoms with Crippen LogP contribution in [-0.2, 0) is 6.54 Å². The fourth-order valence-electron chi connectivity index (χ4n) is 2.11. The number of halogens is 1. The SMILES string of the molecule is O=c1c(Br)c(NC2CCCC2)cnn1CCO. The molecule has 5 nitrogen and oxygen atoms in total. The zero-order valence-corrected chi connectivity index (χ0v) is 11.1. The lowest BCUT2D eigenvalue weighted by molar-refractivity contribution is 0.266. The van der Waals surface area contributed by atoms with E-state index in [0.717, 1.165) is 18.5 Å². The summed E-state index contributed by atoms with van der Waals surface area (Å²) in [5, 5.41) is 16.2. The molecule has 1 heterocycles. The molecule has 0 aromatic carbocycles. The lowest BCUT2D eigenvalue weighted by Gasteiger charge is -2.15. The molecule has 1 aromatic rings. The third kappa shape index (κ3) is 2.87. The minimum atomic E-state index is -0.206. The number of aromatic nitrogens is 2. The molecule has 0 unspecified atom stereocenters. The molecule has 2 rings (SSSR count). The van der Waals surface area contributed by atoms with Crippen molar-refractivity contribution >= 4 is 21.6 Å². The molecule has 0 saturated heterocycles. The molecule has 0 amide bonds. The first-order chi connectivity index (χ1) is 8.22. The molecular weight excluding hydrogens is 286 g/mol. The summed E-state index contributed by atoms with van der Waals surface area (Å²) >= 11 is 3.29. The van der Waals surface area contributed by atoms with E-state index in [9.17, 15) is 4.79 Å². The largest absolute Gasteiger partial charge is 0.394 e. The van der Waals surface area contributed by atoms with Crippen LogP contribution in [0.5, 0.6) is 0 Å². The van der Waals surface area contributed by atoms with Crippen LogP contribution in [-0.4, -0.2) is 27.5 Å². The molecule has 1 fully saturated rings. The second-order valence-corrected chi connectivity index (χ2v) is 5.04. The minimum absolute atomic E-state index is 0.0885. The van der Waals surface area contributed by atoms with Crippen LogP contribution >= 0.6 is 15.9 Å². The van der Waals surface area contributed by atoms with Crippen LogP contribution in [0.1, 0.15) is 25.7 Å². The Morgan fingerprint density at radius 3 is 2.88 bits per heavy atom. The Bertz CT molecular complexity index is 441. The van der Waals surface area contributed by atoms with Gasteiger partial charge < -0.3 is 10.4 Å². The fourth-order valence-corrected chi connectivity index (χ4v) is 2.53. The average molecular weight is 302 g/mol. The summed E-state index contributed by atoms with van der Waals surface area (Å²) < 4.78 is 1.75. The molecule has 0 radical (unpaired) electrons. The van der Waals surface area contributed by atoms with Crippen LogP contribution < -0.4 is 10.9 Å². The highest BCUT2D eigenvalue weighted by atomic mass is 79.9. The minimum Gasteiger partial charge on any atom is -0.394 e. The van der Waals surface area contributed by atoms with Crippen molar-refractivity contribution in [2.24, 2.45) is 0 Å². The number of nitrogens with one attached hydrogen (secondary N) is 1. The van der Waals surface area contributed by atoms with Gasteiger partial charge in [-0.2, -0.15) is 5.10 Å². The number of rotatable bonds is 4. The zero-order chi connectivity index (χ0) is 12.3. The van der Waals surface area contributed by atoms with Gasteiger partial charge in [0.2, 0.25) is 0 Å². The molecule has 17 heavy (non-hydrogen) atoms. The van der Waals surface area contributed by atoms with Crippen molar-refractivity contribution in [1.29, 1.82) is 0 Å². The van der Waals surface area contributed by atoms with Crippen LogP contribution in [0.25, 0.3) is 0 Å². The van der Waals surface area contributed by atoms with Gasteiger partial charge in [-0.05, 0) is 28.8 Å². The molecule has 1 saturated carbocycles. The van der Waals surface area contributed by atoms with Gasteiger partial charge in [0.05, 0.1) is 25.0 Å². The third-order valence-corrected chi connectivity index (χ3v) is 3.78. The van der Waals surface area contributed by atoms with Gasteiger partial charge in [-0.25, -0.2) is 4.68 Å². The zero-order valence-electron chi connectivity index (χ0n) is 9.53. The molecule has 6 heteroatoms. The van der Waals surface area contributed by atoms with Gasteiger partial charge in [-0.15, -0.1) is 0 Å². The van der Waals surface area contributed by atoms with Crippen molar-refractivity contribution in [2.75, 3.05) is 11.9 Å². The van der Waals surface area contributed by atoms with Crippen molar-refractivity contribution in [3.05, 3.63) is 21.0 Å². The predicted molar refractivity (Wildman–Crippen MR) is 69.2 cm³/mol. The van der Waals surface area contributed by atoms with Gasteiger partial charge in [0, 0.05) is 6.04 Å². The Balaban J connectivity index is 2.18. The van der Waals surface area contributed by atoms with E-state index in [4.69, 9.17) is 5.11 Å². The lowest BCUT2D eigenvalue weighted by Crippen LogP contribution is -2.27. The number of hydrogen-bond donors (Lipinski definition) is 2. The van der Waals surface area contributed by atoms with Crippen LogP contribution in [0.4, 0.5) is 5.69 Å². The number of hydrogen-bond acceptors (Lipinski definition) is 4. The van der Waals surface area contributed by atoms with E-state index in [1.54, 1.807) is 6.20 Å². The van der Waals surface area contributed by atoms with Gasteiger partial charge >= 0.3 is 0 Å². The van der Waals surface area contributed by atoms with Crippen molar-refractivity contribution < 1.29 is 5.11 Å². The number of anilines is 1. The van der Waals surface area contributed by atoms with E-state index in [1.165, 1.54) is 17.5 Å². The molecule has 1 aliphatic carbocycles. The molecule has 0 bridgehead atoms. The highest BCUT2D eigenvalue weighted by molar-refractivity contribution is 9.10. The molecule has 0 atom stereocenters. The first-order valence-corrected chi connectivity index (χ1v) is 6.64. The highest BCUT2D eigenvalue weighted by Crippen LogP contribution is 2.24. The normalized spacial score (nSPS) is 16.4. The summed E-state index contributed by atoms with van der Waals surface area (Å²) in [7, 11) is 0. The number of aliphatic hydroxyl groups is 1. The van der Waals surface area contributed by atoms with Crippen molar-refractivity contribution in [3.8, 4) is 0 Å². The Morgan fingerprint density at radius 1 is 1.53 bits per heavy atom. The molecule has 2 N–H and O–H groups in total. The summed E-state index contributed by atoms with van der Waals surface area (Å²) in [5.41, 5.74) is 0.540. The Labute approximate surface area is 108 Å². The highest BCUT2D eigenvalue weighted by Gasteiger charge is 2.17.